The van der Waals surface area contributed by atoms with Gasteiger partial charge in [-0.3, -0.25) is 13.9 Å². The second-order valence-electron chi connectivity index (χ2n) is 8.60. The Hall–Kier alpha value is -3.36. The number of sulfonamides is 1. The first-order valence-corrected chi connectivity index (χ1v) is 12.3. The van der Waals surface area contributed by atoms with E-state index in [0.29, 0.717) is 5.02 Å². The van der Waals surface area contributed by atoms with Crippen molar-refractivity contribution in [2.24, 2.45) is 0 Å². The van der Waals surface area contributed by atoms with Crippen LogP contribution in [0.2, 0.25) is 5.02 Å². The molecule has 0 bridgehead atoms. The molecule has 0 heterocycles. The fourth-order valence-electron chi connectivity index (χ4n) is 3.18. The fourth-order valence-corrected chi connectivity index (χ4v) is 4.80. The first kappa shape index (κ1) is 25.3. The Kier molecular flexibility index (Phi) is 7.64. The number of nitrogens with one attached hydrogen (secondary N) is 2. The number of benzene rings is 3. The number of hydrogen-bond donors (Lipinski definition) is 2. The third kappa shape index (κ3) is 6.36. The average molecular weight is 500 g/mol. The minimum atomic E-state index is -4.07. The maximum Gasteiger partial charge on any atom is 0.264 e. The number of halogens is 1. The van der Waals surface area contributed by atoms with Crippen molar-refractivity contribution in [1.82, 2.24) is 5.32 Å². The summed E-state index contributed by atoms with van der Waals surface area (Å²) >= 11 is 6.09. The molecule has 0 saturated carbocycles. The molecule has 178 valence electrons. The van der Waals surface area contributed by atoms with Crippen molar-refractivity contribution < 1.29 is 18.0 Å². The molecule has 9 heteroatoms. The van der Waals surface area contributed by atoms with Crippen LogP contribution in [0, 0.1) is 0 Å². The van der Waals surface area contributed by atoms with E-state index in [-0.39, 0.29) is 27.7 Å². The Balaban J connectivity index is 1.92. The first-order chi connectivity index (χ1) is 16.0. The normalized spacial score (nSPS) is 11.5. The van der Waals surface area contributed by atoms with Crippen LogP contribution in [0.25, 0.3) is 0 Å². The van der Waals surface area contributed by atoms with Crippen LogP contribution in [0.5, 0.6) is 0 Å². The molecule has 2 amide bonds. The van der Waals surface area contributed by atoms with Gasteiger partial charge in [0.25, 0.3) is 15.9 Å². The van der Waals surface area contributed by atoms with Crippen molar-refractivity contribution in [1.29, 1.82) is 0 Å². The summed E-state index contributed by atoms with van der Waals surface area (Å²) in [4.78, 5) is 25.8. The minimum absolute atomic E-state index is 0.0349. The summed E-state index contributed by atoms with van der Waals surface area (Å²) in [5.74, 6) is -0.970. The van der Waals surface area contributed by atoms with E-state index in [4.69, 9.17) is 11.6 Å². The molecule has 34 heavy (non-hydrogen) atoms. The van der Waals surface area contributed by atoms with Crippen molar-refractivity contribution in [3.8, 4) is 0 Å². The lowest BCUT2D eigenvalue weighted by molar-refractivity contribution is -0.114. The summed E-state index contributed by atoms with van der Waals surface area (Å²) in [7, 11) is -4.07. The molecule has 0 fully saturated rings. The van der Waals surface area contributed by atoms with E-state index in [0.717, 1.165) is 4.31 Å². The Morgan fingerprint density at radius 1 is 0.912 bits per heavy atom. The molecule has 0 radical (unpaired) electrons. The highest BCUT2D eigenvalue weighted by molar-refractivity contribution is 7.92. The number of anilines is 2. The van der Waals surface area contributed by atoms with Gasteiger partial charge in [0.2, 0.25) is 5.91 Å². The van der Waals surface area contributed by atoms with E-state index < -0.39 is 28.0 Å². The molecule has 0 aliphatic rings. The number of nitrogens with zero attached hydrogens (tertiary/aromatic N) is 1. The van der Waals surface area contributed by atoms with Gasteiger partial charge in [-0.1, -0.05) is 48.0 Å². The molecule has 7 nitrogen and oxygen atoms in total. The third-order valence-corrected chi connectivity index (χ3v) is 6.67. The largest absolute Gasteiger partial charge is 0.347 e. The van der Waals surface area contributed by atoms with Crippen LogP contribution in [0.3, 0.4) is 0 Å². The van der Waals surface area contributed by atoms with E-state index in [1.807, 2.05) is 20.8 Å². The van der Waals surface area contributed by atoms with Gasteiger partial charge in [-0.15, -0.1) is 0 Å². The van der Waals surface area contributed by atoms with Crippen LogP contribution in [0.15, 0.2) is 83.8 Å². The van der Waals surface area contributed by atoms with E-state index in [1.54, 1.807) is 60.7 Å². The fraction of sp³-hybridized carbons (Fsp3) is 0.200. The van der Waals surface area contributed by atoms with E-state index in [1.165, 1.54) is 18.2 Å². The zero-order valence-electron chi connectivity index (χ0n) is 19.1. The Labute approximate surface area is 204 Å². The zero-order chi connectivity index (χ0) is 24.9. The molecule has 0 saturated heterocycles. The summed E-state index contributed by atoms with van der Waals surface area (Å²) < 4.78 is 27.8. The highest BCUT2D eigenvalue weighted by Gasteiger charge is 2.28. The van der Waals surface area contributed by atoms with Gasteiger partial charge in [-0.05, 0) is 63.2 Å². The average Bonchev–Trinajstić information content (AvgIpc) is 2.77. The van der Waals surface area contributed by atoms with Gasteiger partial charge < -0.3 is 10.6 Å². The van der Waals surface area contributed by atoms with Gasteiger partial charge >= 0.3 is 0 Å². The second-order valence-corrected chi connectivity index (χ2v) is 10.9. The quantitative estimate of drug-likeness (QED) is 0.492. The van der Waals surface area contributed by atoms with Crippen molar-refractivity contribution in [2.75, 3.05) is 16.2 Å². The maximum absolute atomic E-state index is 13.4. The highest BCUT2D eigenvalue weighted by Crippen LogP contribution is 2.26. The maximum atomic E-state index is 13.4. The highest BCUT2D eigenvalue weighted by atomic mass is 35.5. The number of amides is 2. The van der Waals surface area contributed by atoms with Gasteiger partial charge in [0.05, 0.1) is 21.8 Å². The van der Waals surface area contributed by atoms with Crippen LogP contribution >= 0.6 is 11.6 Å². The molecule has 2 N–H and O–H groups in total. The summed E-state index contributed by atoms with van der Waals surface area (Å²) in [5, 5.41) is 5.86. The zero-order valence-corrected chi connectivity index (χ0v) is 20.7. The van der Waals surface area contributed by atoms with Crippen molar-refractivity contribution in [3.05, 3.63) is 89.4 Å². The lowest BCUT2D eigenvalue weighted by Crippen LogP contribution is -2.41. The topological polar surface area (TPSA) is 95.6 Å². The van der Waals surface area contributed by atoms with Gasteiger partial charge in [0.15, 0.2) is 0 Å². The number of hydrogen-bond acceptors (Lipinski definition) is 4. The van der Waals surface area contributed by atoms with Gasteiger partial charge in [-0.2, -0.15) is 0 Å². The molecule has 3 aromatic carbocycles. The standard InChI is InChI=1S/C25H26ClN3O4S/c1-25(2,3)28-24(31)21-14-7-8-15-22(21)27-23(30)17-29(19-11-9-10-18(26)16-19)34(32,33)20-12-5-4-6-13-20/h4-16H,17H2,1-3H3,(H,27,30)(H,28,31). The molecule has 3 aromatic rings. The number of rotatable bonds is 7. The van der Waals surface area contributed by atoms with Crippen LogP contribution in [-0.2, 0) is 14.8 Å². The summed E-state index contributed by atoms with van der Waals surface area (Å²) in [5.41, 5.74) is 0.315. The van der Waals surface area contributed by atoms with E-state index in [9.17, 15) is 18.0 Å². The van der Waals surface area contributed by atoms with Crippen molar-refractivity contribution >= 4 is 44.8 Å². The van der Waals surface area contributed by atoms with E-state index in [2.05, 4.69) is 10.6 Å². The number of para-hydroxylation sites is 1. The molecule has 0 spiro atoms. The number of carbonyl (C=O) groups is 2. The Morgan fingerprint density at radius 3 is 2.21 bits per heavy atom. The van der Waals surface area contributed by atoms with Crippen LogP contribution in [-0.4, -0.2) is 32.3 Å². The summed E-state index contributed by atoms with van der Waals surface area (Å²) in [6.07, 6.45) is 0. The minimum Gasteiger partial charge on any atom is -0.347 e. The smallest absolute Gasteiger partial charge is 0.264 e. The summed E-state index contributed by atoms with van der Waals surface area (Å²) in [6, 6.07) is 20.6. The lowest BCUT2D eigenvalue weighted by atomic mass is 10.1. The van der Waals surface area contributed by atoms with E-state index >= 15 is 0 Å². The molecule has 0 aromatic heterocycles. The van der Waals surface area contributed by atoms with Crippen LogP contribution in [0.1, 0.15) is 31.1 Å². The van der Waals surface area contributed by atoms with Gasteiger partial charge in [-0.25, -0.2) is 8.42 Å². The van der Waals surface area contributed by atoms with Crippen LogP contribution in [0.4, 0.5) is 11.4 Å². The molecule has 0 aliphatic heterocycles. The molecule has 0 aliphatic carbocycles. The Morgan fingerprint density at radius 2 is 1.56 bits per heavy atom. The van der Waals surface area contributed by atoms with Crippen molar-refractivity contribution in [3.63, 3.8) is 0 Å². The Bertz CT molecular complexity index is 1290. The molecule has 0 atom stereocenters. The number of carbonyl (C=O) groups excluding carboxylic acids is 2. The summed E-state index contributed by atoms with van der Waals surface area (Å²) in [6.45, 7) is 5.03. The predicted octanol–water partition coefficient (Wildman–Crippen LogP) is 4.70. The monoisotopic (exact) mass is 499 g/mol. The molecule has 0 unspecified atom stereocenters. The lowest BCUT2D eigenvalue weighted by Gasteiger charge is -2.25. The first-order valence-electron chi connectivity index (χ1n) is 10.5. The van der Waals surface area contributed by atoms with Gasteiger partial charge in [0.1, 0.15) is 6.54 Å². The van der Waals surface area contributed by atoms with Crippen LogP contribution < -0.4 is 14.9 Å². The van der Waals surface area contributed by atoms with Gasteiger partial charge in [0, 0.05) is 10.6 Å². The third-order valence-electron chi connectivity index (χ3n) is 4.65. The molecule has 3 rings (SSSR count). The predicted molar refractivity (Wildman–Crippen MR) is 135 cm³/mol. The SMILES string of the molecule is CC(C)(C)NC(=O)c1ccccc1NC(=O)CN(c1cccc(Cl)c1)S(=O)(=O)c1ccccc1. The van der Waals surface area contributed by atoms with Crippen molar-refractivity contribution in [2.45, 2.75) is 31.2 Å². The molecular formula is C25H26ClN3O4S. The molecular weight excluding hydrogens is 474 g/mol. The second kappa shape index (κ2) is 10.3.